The van der Waals surface area contributed by atoms with E-state index in [0.29, 0.717) is 0 Å². The Morgan fingerprint density at radius 2 is 1.56 bits per heavy atom. The van der Waals surface area contributed by atoms with Crippen LogP contribution in [0.15, 0.2) is 60.9 Å². The number of rotatable bonds is 1. The van der Waals surface area contributed by atoms with Gasteiger partial charge >= 0.3 is 0 Å². The predicted molar refractivity (Wildman–Crippen MR) is 68.3 cm³/mol. The molecule has 0 atom stereocenters. The topological polar surface area (TPSA) is 4.93 Å². The third-order valence-corrected chi connectivity index (χ3v) is 3.12. The van der Waals surface area contributed by atoms with Crippen molar-refractivity contribution in [3.05, 3.63) is 65.9 Å². The first-order chi connectivity index (χ1) is 7.86. The van der Waals surface area contributed by atoms with E-state index in [0.717, 1.165) is 16.1 Å². The molecule has 0 amide bonds. The molecule has 2 heteroatoms. The minimum absolute atomic E-state index is 0.800. The average Bonchev–Trinajstić information content (AvgIpc) is 2.83. The van der Waals surface area contributed by atoms with Gasteiger partial charge < -0.3 is 4.57 Å². The van der Waals surface area contributed by atoms with Crippen LogP contribution in [0.1, 0.15) is 0 Å². The highest BCUT2D eigenvalue weighted by Crippen LogP contribution is 2.29. The van der Waals surface area contributed by atoms with Crippen LogP contribution in [0.2, 0.25) is 5.02 Å². The summed E-state index contributed by atoms with van der Waals surface area (Å²) < 4.78 is 2.02. The van der Waals surface area contributed by atoms with Crippen molar-refractivity contribution < 1.29 is 0 Å². The van der Waals surface area contributed by atoms with Crippen LogP contribution in [0.25, 0.3) is 16.5 Å². The van der Waals surface area contributed by atoms with Crippen molar-refractivity contribution in [3.63, 3.8) is 0 Å². The lowest BCUT2D eigenvalue weighted by molar-refractivity contribution is 1.08. The molecule has 0 aliphatic rings. The molecule has 1 heterocycles. The van der Waals surface area contributed by atoms with Crippen molar-refractivity contribution in [3.8, 4) is 5.69 Å². The number of aromatic nitrogens is 1. The number of fused-ring (bicyclic) bond motifs is 1. The van der Waals surface area contributed by atoms with Gasteiger partial charge in [0.05, 0.1) is 10.7 Å². The van der Waals surface area contributed by atoms with Crippen molar-refractivity contribution >= 4 is 22.4 Å². The zero-order valence-electron chi connectivity index (χ0n) is 8.60. The van der Waals surface area contributed by atoms with Gasteiger partial charge in [-0.2, -0.15) is 0 Å². The Bertz CT molecular complexity index is 626. The van der Waals surface area contributed by atoms with Crippen LogP contribution in [-0.2, 0) is 0 Å². The summed E-state index contributed by atoms with van der Waals surface area (Å²) in [6.07, 6.45) is 3.99. The molecule has 16 heavy (non-hydrogen) atoms. The molecule has 0 N–H and O–H groups in total. The summed E-state index contributed by atoms with van der Waals surface area (Å²) in [6.45, 7) is 0. The minimum Gasteiger partial charge on any atom is -0.322 e. The maximum atomic E-state index is 6.41. The van der Waals surface area contributed by atoms with Crippen LogP contribution < -0.4 is 0 Å². The number of benzene rings is 2. The Labute approximate surface area is 98.9 Å². The summed E-state index contributed by atoms with van der Waals surface area (Å²) in [7, 11) is 0. The number of hydrogen-bond acceptors (Lipinski definition) is 0. The van der Waals surface area contributed by atoms with Gasteiger partial charge in [0.15, 0.2) is 0 Å². The minimum atomic E-state index is 0.800. The maximum Gasteiger partial charge on any atom is 0.0724 e. The summed E-state index contributed by atoms with van der Waals surface area (Å²) in [6, 6.07) is 16.3. The fraction of sp³-hybridized carbons (Fsp3) is 0. The number of hydrogen-bond donors (Lipinski definition) is 0. The van der Waals surface area contributed by atoms with E-state index in [1.165, 1.54) is 5.39 Å². The fourth-order valence-corrected chi connectivity index (χ4v) is 2.25. The molecule has 0 fully saturated rings. The quantitative estimate of drug-likeness (QED) is 0.585. The van der Waals surface area contributed by atoms with Crippen LogP contribution in [0.3, 0.4) is 0 Å². The molecule has 3 rings (SSSR count). The first-order valence-electron chi connectivity index (χ1n) is 5.17. The normalized spacial score (nSPS) is 10.8. The SMILES string of the molecule is Clc1c(-n2cccc2)ccc2ccccc12. The van der Waals surface area contributed by atoms with E-state index >= 15 is 0 Å². The third kappa shape index (κ3) is 1.41. The van der Waals surface area contributed by atoms with Crippen molar-refractivity contribution in [2.75, 3.05) is 0 Å². The summed E-state index contributed by atoms with van der Waals surface area (Å²) in [4.78, 5) is 0. The van der Waals surface area contributed by atoms with E-state index in [-0.39, 0.29) is 0 Å². The molecule has 0 bridgehead atoms. The Hall–Kier alpha value is -1.73. The molecule has 1 nitrogen and oxygen atoms in total. The Morgan fingerprint density at radius 3 is 2.38 bits per heavy atom. The Morgan fingerprint density at radius 1 is 0.812 bits per heavy atom. The first kappa shape index (κ1) is 9.49. The van der Waals surface area contributed by atoms with Gasteiger partial charge in [0, 0.05) is 17.8 Å². The largest absolute Gasteiger partial charge is 0.322 e. The van der Waals surface area contributed by atoms with E-state index < -0.39 is 0 Å². The maximum absolute atomic E-state index is 6.41. The second kappa shape index (κ2) is 3.69. The second-order valence-corrected chi connectivity index (χ2v) is 4.09. The standard InChI is InChI=1S/C14H10ClN/c15-14-12-6-2-1-5-11(12)7-8-13(14)16-9-3-4-10-16/h1-10H. The third-order valence-electron chi connectivity index (χ3n) is 2.73. The van der Waals surface area contributed by atoms with Crippen molar-refractivity contribution in [2.24, 2.45) is 0 Å². The molecule has 3 aromatic rings. The molecule has 0 aliphatic heterocycles. The summed E-state index contributed by atoms with van der Waals surface area (Å²) in [5, 5.41) is 3.06. The van der Waals surface area contributed by atoms with Gasteiger partial charge in [0.25, 0.3) is 0 Å². The van der Waals surface area contributed by atoms with Crippen LogP contribution in [0.4, 0.5) is 0 Å². The van der Waals surface area contributed by atoms with Crippen LogP contribution in [0, 0.1) is 0 Å². The van der Waals surface area contributed by atoms with Gasteiger partial charge in [0.2, 0.25) is 0 Å². The monoisotopic (exact) mass is 227 g/mol. The van der Waals surface area contributed by atoms with E-state index in [1.54, 1.807) is 0 Å². The van der Waals surface area contributed by atoms with Gasteiger partial charge in [-0.1, -0.05) is 41.9 Å². The zero-order valence-corrected chi connectivity index (χ0v) is 9.35. The van der Waals surface area contributed by atoms with E-state index in [9.17, 15) is 0 Å². The van der Waals surface area contributed by atoms with Gasteiger partial charge in [-0.05, 0) is 23.6 Å². The van der Waals surface area contributed by atoms with Gasteiger partial charge in [-0.25, -0.2) is 0 Å². The first-order valence-corrected chi connectivity index (χ1v) is 5.54. The summed E-state index contributed by atoms with van der Waals surface area (Å²) >= 11 is 6.41. The second-order valence-electron chi connectivity index (χ2n) is 3.71. The smallest absolute Gasteiger partial charge is 0.0724 e. The molecular formula is C14H10ClN. The summed E-state index contributed by atoms with van der Waals surface area (Å²) in [5.41, 5.74) is 1.02. The van der Waals surface area contributed by atoms with Crippen molar-refractivity contribution in [1.82, 2.24) is 4.57 Å². The van der Waals surface area contributed by atoms with Crippen molar-refractivity contribution in [1.29, 1.82) is 0 Å². The number of halogens is 1. The van der Waals surface area contributed by atoms with E-state index in [2.05, 4.69) is 12.1 Å². The fourth-order valence-electron chi connectivity index (χ4n) is 1.92. The predicted octanol–water partition coefficient (Wildman–Crippen LogP) is 4.28. The molecule has 78 valence electrons. The number of nitrogens with zero attached hydrogens (tertiary/aromatic N) is 1. The van der Waals surface area contributed by atoms with E-state index in [1.807, 2.05) is 53.4 Å². The van der Waals surface area contributed by atoms with Gasteiger partial charge in [-0.15, -0.1) is 0 Å². The van der Waals surface area contributed by atoms with Crippen molar-refractivity contribution in [2.45, 2.75) is 0 Å². The molecule has 0 unspecified atom stereocenters. The van der Waals surface area contributed by atoms with Crippen LogP contribution >= 0.6 is 11.6 Å². The molecule has 0 radical (unpaired) electrons. The van der Waals surface area contributed by atoms with Crippen LogP contribution in [-0.4, -0.2) is 4.57 Å². The zero-order chi connectivity index (χ0) is 11.0. The highest BCUT2D eigenvalue weighted by atomic mass is 35.5. The van der Waals surface area contributed by atoms with Gasteiger partial charge in [0.1, 0.15) is 0 Å². The molecule has 0 saturated carbocycles. The molecule has 0 saturated heterocycles. The molecule has 0 spiro atoms. The lowest BCUT2D eigenvalue weighted by atomic mass is 10.1. The summed E-state index contributed by atoms with van der Waals surface area (Å²) in [5.74, 6) is 0. The molecular weight excluding hydrogens is 218 g/mol. The lowest BCUT2D eigenvalue weighted by Gasteiger charge is -2.08. The molecule has 0 aliphatic carbocycles. The molecule has 2 aromatic carbocycles. The van der Waals surface area contributed by atoms with E-state index in [4.69, 9.17) is 11.6 Å². The molecule has 1 aromatic heterocycles. The highest BCUT2D eigenvalue weighted by molar-refractivity contribution is 6.37. The average molecular weight is 228 g/mol. The van der Waals surface area contributed by atoms with Gasteiger partial charge in [-0.3, -0.25) is 0 Å². The van der Waals surface area contributed by atoms with Crippen LogP contribution in [0.5, 0.6) is 0 Å². The Balaban J connectivity index is 2.32. The lowest BCUT2D eigenvalue weighted by Crippen LogP contribution is -1.91. The highest BCUT2D eigenvalue weighted by Gasteiger charge is 2.05. The Kier molecular flexibility index (Phi) is 2.19.